The molecule has 4 heteroatoms. The van der Waals surface area contributed by atoms with Gasteiger partial charge in [-0.3, -0.25) is 4.79 Å². The summed E-state index contributed by atoms with van der Waals surface area (Å²) in [6.07, 6.45) is 9.54. The van der Waals surface area contributed by atoms with Crippen LogP contribution in [0.4, 0.5) is 0 Å². The monoisotopic (exact) mass is 309 g/mol. The second-order valence-electron chi connectivity index (χ2n) is 7.25. The molecular weight excluding hydrogens is 274 g/mol. The largest absolute Gasteiger partial charge is 0.356 e. The minimum Gasteiger partial charge on any atom is -0.356 e. The average Bonchev–Trinajstić information content (AvgIpc) is 2.54. The van der Waals surface area contributed by atoms with E-state index < -0.39 is 0 Å². The second-order valence-corrected chi connectivity index (χ2v) is 7.25. The minimum absolute atomic E-state index is 0.264. The van der Waals surface area contributed by atoms with Gasteiger partial charge in [0.05, 0.1) is 0 Å². The summed E-state index contributed by atoms with van der Waals surface area (Å²) in [7, 11) is 2.17. The van der Waals surface area contributed by atoms with Crippen molar-refractivity contribution in [2.75, 3.05) is 39.8 Å². The molecule has 2 fully saturated rings. The third-order valence-electron chi connectivity index (χ3n) is 5.48. The van der Waals surface area contributed by atoms with Crippen LogP contribution in [0.25, 0.3) is 0 Å². The first-order valence-electron chi connectivity index (χ1n) is 9.38. The van der Waals surface area contributed by atoms with Crippen LogP contribution < -0.4 is 5.32 Å². The predicted octanol–water partition coefficient (Wildman–Crippen LogP) is 2.49. The first-order chi connectivity index (χ1) is 10.7. The van der Waals surface area contributed by atoms with Crippen molar-refractivity contribution in [2.24, 2.45) is 5.92 Å². The summed E-state index contributed by atoms with van der Waals surface area (Å²) < 4.78 is 0. The molecule has 2 aliphatic rings. The Morgan fingerprint density at radius 2 is 1.91 bits per heavy atom. The summed E-state index contributed by atoms with van der Waals surface area (Å²) in [6.45, 7) is 7.83. The number of piperidine rings is 2. The maximum Gasteiger partial charge on any atom is 0.220 e. The molecule has 0 radical (unpaired) electrons. The Morgan fingerprint density at radius 1 is 1.14 bits per heavy atom. The number of carbonyl (C=O) groups is 1. The van der Waals surface area contributed by atoms with Crippen LogP contribution in [0.3, 0.4) is 0 Å². The van der Waals surface area contributed by atoms with Crippen molar-refractivity contribution in [3.8, 4) is 0 Å². The molecule has 1 atom stereocenters. The third kappa shape index (κ3) is 5.88. The van der Waals surface area contributed by atoms with Gasteiger partial charge < -0.3 is 15.1 Å². The standard InChI is InChI=1S/C18H35N3O/c1-3-17-7-4-5-11-21(17)12-6-10-19-18(22)15-16-8-13-20(2)14-9-16/h16-17H,3-15H2,1-2H3,(H,19,22)/t17-/m0/s1. The number of carbonyl (C=O) groups excluding carboxylic acids is 1. The van der Waals surface area contributed by atoms with Crippen LogP contribution in [-0.4, -0.2) is 61.5 Å². The van der Waals surface area contributed by atoms with Crippen LogP contribution in [0.5, 0.6) is 0 Å². The fourth-order valence-electron chi connectivity index (χ4n) is 3.93. The number of likely N-dealkylation sites (tertiary alicyclic amines) is 2. The topological polar surface area (TPSA) is 35.6 Å². The Labute approximate surface area is 136 Å². The van der Waals surface area contributed by atoms with E-state index in [4.69, 9.17) is 0 Å². The average molecular weight is 309 g/mol. The maximum absolute atomic E-state index is 12.0. The van der Waals surface area contributed by atoms with Crippen molar-refractivity contribution in [2.45, 2.75) is 64.3 Å². The van der Waals surface area contributed by atoms with E-state index in [2.05, 4.69) is 29.1 Å². The molecule has 0 saturated carbocycles. The molecule has 0 bridgehead atoms. The van der Waals surface area contributed by atoms with Gasteiger partial charge in [-0.05, 0) is 71.1 Å². The van der Waals surface area contributed by atoms with Crippen LogP contribution in [0.15, 0.2) is 0 Å². The molecule has 0 unspecified atom stereocenters. The van der Waals surface area contributed by atoms with Crippen LogP contribution in [0, 0.1) is 5.92 Å². The Kier molecular flexibility index (Phi) is 7.67. The summed E-state index contributed by atoms with van der Waals surface area (Å²) in [6, 6.07) is 0.781. The fourth-order valence-corrected chi connectivity index (χ4v) is 3.93. The van der Waals surface area contributed by atoms with Crippen molar-refractivity contribution in [3.63, 3.8) is 0 Å². The number of hydrogen-bond acceptors (Lipinski definition) is 3. The highest BCUT2D eigenvalue weighted by molar-refractivity contribution is 5.76. The maximum atomic E-state index is 12.0. The number of nitrogens with zero attached hydrogens (tertiary/aromatic N) is 2. The molecule has 0 aliphatic carbocycles. The van der Waals surface area contributed by atoms with Crippen molar-refractivity contribution < 1.29 is 4.79 Å². The number of nitrogens with one attached hydrogen (secondary N) is 1. The molecule has 1 N–H and O–H groups in total. The summed E-state index contributed by atoms with van der Waals surface area (Å²) >= 11 is 0. The van der Waals surface area contributed by atoms with E-state index in [0.29, 0.717) is 5.92 Å². The lowest BCUT2D eigenvalue weighted by molar-refractivity contribution is -0.122. The van der Waals surface area contributed by atoms with Gasteiger partial charge in [0.2, 0.25) is 5.91 Å². The van der Waals surface area contributed by atoms with Gasteiger partial charge in [0.1, 0.15) is 0 Å². The third-order valence-corrected chi connectivity index (χ3v) is 5.48. The molecule has 2 rings (SSSR count). The van der Waals surface area contributed by atoms with E-state index >= 15 is 0 Å². The molecule has 22 heavy (non-hydrogen) atoms. The van der Waals surface area contributed by atoms with Crippen LogP contribution in [0.1, 0.15) is 58.3 Å². The molecule has 0 aromatic carbocycles. The van der Waals surface area contributed by atoms with E-state index in [1.165, 1.54) is 45.1 Å². The Hall–Kier alpha value is -0.610. The van der Waals surface area contributed by atoms with E-state index in [0.717, 1.165) is 45.1 Å². The Bertz CT molecular complexity index is 326. The van der Waals surface area contributed by atoms with Crippen molar-refractivity contribution in [3.05, 3.63) is 0 Å². The lowest BCUT2D eigenvalue weighted by Crippen LogP contribution is -2.40. The first-order valence-corrected chi connectivity index (χ1v) is 9.38. The molecular formula is C18H35N3O. The van der Waals surface area contributed by atoms with E-state index in [1.807, 2.05) is 0 Å². The summed E-state index contributed by atoms with van der Waals surface area (Å²) in [4.78, 5) is 17.0. The highest BCUT2D eigenvalue weighted by Crippen LogP contribution is 2.20. The van der Waals surface area contributed by atoms with E-state index in [-0.39, 0.29) is 5.91 Å². The normalized spacial score (nSPS) is 25.3. The number of rotatable bonds is 7. The van der Waals surface area contributed by atoms with Gasteiger partial charge in [-0.15, -0.1) is 0 Å². The van der Waals surface area contributed by atoms with Crippen molar-refractivity contribution in [1.82, 2.24) is 15.1 Å². The molecule has 2 heterocycles. The van der Waals surface area contributed by atoms with Gasteiger partial charge in [-0.2, -0.15) is 0 Å². The fraction of sp³-hybridized carbons (Fsp3) is 0.944. The molecule has 0 spiro atoms. The van der Waals surface area contributed by atoms with Gasteiger partial charge in [0.15, 0.2) is 0 Å². The zero-order valence-electron chi connectivity index (χ0n) is 14.6. The number of amides is 1. The Morgan fingerprint density at radius 3 is 2.64 bits per heavy atom. The molecule has 0 aromatic heterocycles. The van der Waals surface area contributed by atoms with Gasteiger partial charge in [-0.25, -0.2) is 0 Å². The molecule has 4 nitrogen and oxygen atoms in total. The van der Waals surface area contributed by atoms with Crippen LogP contribution in [-0.2, 0) is 4.79 Å². The molecule has 2 saturated heterocycles. The van der Waals surface area contributed by atoms with Gasteiger partial charge in [0, 0.05) is 25.6 Å². The van der Waals surface area contributed by atoms with Gasteiger partial charge in [-0.1, -0.05) is 13.3 Å². The highest BCUT2D eigenvalue weighted by atomic mass is 16.1. The van der Waals surface area contributed by atoms with Gasteiger partial charge in [0.25, 0.3) is 0 Å². The quantitative estimate of drug-likeness (QED) is 0.734. The molecule has 128 valence electrons. The second kappa shape index (κ2) is 9.51. The summed E-state index contributed by atoms with van der Waals surface area (Å²) in [5.74, 6) is 0.864. The van der Waals surface area contributed by atoms with E-state index in [9.17, 15) is 4.79 Å². The van der Waals surface area contributed by atoms with Crippen molar-refractivity contribution in [1.29, 1.82) is 0 Å². The molecule has 0 aromatic rings. The summed E-state index contributed by atoms with van der Waals surface area (Å²) in [5.41, 5.74) is 0. The first kappa shape index (κ1) is 17.7. The smallest absolute Gasteiger partial charge is 0.220 e. The van der Waals surface area contributed by atoms with Crippen LogP contribution >= 0.6 is 0 Å². The highest BCUT2D eigenvalue weighted by Gasteiger charge is 2.21. The number of hydrogen-bond donors (Lipinski definition) is 1. The lowest BCUT2D eigenvalue weighted by Gasteiger charge is -2.35. The minimum atomic E-state index is 0.264. The van der Waals surface area contributed by atoms with Crippen LogP contribution in [0.2, 0.25) is 0 Å². The van der Waals surface area contributed by atoms with Crippen molar-refractivity contribution >= 4 is 5.91 Å². The molecule has 1 amide bonds. The summed E-state index contributed by atoms with van der Waals surface area (Å²) in [5, 5.41) is 3.13. The molecule has 2 aliphatic heterocycles. The SMILES string of the molecule is CC[C@H]1CCCCN1CCCNC(=O)CC1CCN(C)CC1. The Balaban J connectivity index is 1.55. The zero-order valence-corrected chi connectivity index (χ0v) is 14.6. The predicted molar refractivity (Wildman–Crippen MR) is 92.0 cm³/mol. The van der Waals surface area contributed by atoms with Gasteiger partial charge >= 0.3 is 0 Å². The zero-order chi connectivity index (χ0) is 15.8. The van der Waals surface area contributed by atoms with E-state index in [1.54, 1.807) is 0 Å². The lowest BCUT2D eigenvalue weighted by atomic mass is 9.93.